The van der Waals surface area contributed by atoms with Crippen molar-refractivity contribution >= 4 is 5.97 Å². The van der Waals surface area contributed by atoms with E-state index in [9.17, 15) is 4.79 Å². The lowest BCUT2D eigenvalue weighted by Crippen LogP contribution is -2.29. The number of aliphatic hydroxyl groups excluding tert-OH is 1. The van der Waals surface area contributed by atoms with Crippen LogP contribution in [-0.2, 0) is 9.53 Å². The van der Waals surface area contributed by atoms with Crippen LogP contribution in [0.4, 0.5) is 0 Å². The summed E-state index contributed by atoms with van der Waals surface area (Å²) in [5.74, 6) is -0.305. The fourth-order valence-electron chi connectivity index (χ4n) is 0.863. The van der Waals surface area contributed by atoms with Crippen molar-refractivity contribution < 1.29 is 14.6 Å². The molecule has 0 spiro atoms. The van der Waals surface area contributed by atoms with E-state index in [4.69, 9.17) is 10.4 Å². The number of nitriles is 1. The molecule has 0 aromatic carbocycles. The molecule has 13 heavy (non-hydrogen) atoms. The van der Waals surface area contributed by atoms with Crippen LogP contribution < -0.4 is 0 Å². The highest BCUT2D eigenvalue weighted by molar-refractivity contribution is 5.69. The molecule has 0 aromatic rings. The average Bonchev–Trinajstić information content (AvgIpc) is 2.14. The number of methoxy groups -OCH3 is 1. The largest absolute Gasteiger partial charge is 0.469 e. The second-order valence-corrected chi connectivity index (χ2v) is 2.48. The molecular weight excluding hydrogens is 172 g/mol. The SMILES string of the molecule is COC(=O)CCN(CC#N)CCO. The Morgan fingerprint density at radius 3 is 2.77 bits per heavy atom. The summed E-state index contributed by atoms with van der Waals surface area (Å²) in [6, 6.07) is 1.96. The average molecular weight is 186 g/mol. The van der Waals surface area contributed by atoms with E-state index in [1.807, 2.05) is 6.07 Å². The summed E-state index contributed by atoms with van der Waals surface area (Å²) in [7, 11) is 1.32. The molecule has 74 valence electrons. The van der Waals surface area contributed by atoms with Gasteiger partial charge in [-0.25, -0.2) is 0 Å². The Morgan fingerprint density at radius 1 is 1.62 bits per heavy atom. The third-order valence-corrected chi connectivity index (χ3v) is 1.57. The Bertz CT molecular complexity index is 188. The minimum absolute atomic E-state index is 0.0111. The normalized spacial score (nSPS) is 9.69. The van der Waals surface area contributed by atoms with Crippen LogP contribution in [0, 0.1) is 11.3 Å². The number of hydrogen-bond donors (Lipinski definition) is 1. The molecule has 5 heteroatoms. The highest BCUT2D eigenvalue weighted by atomic mass is 16.5. The molecule has 0 aromatic heterocycles. The number of carbonyl (C=O) groups is 1. The Kier molecular flexibility index (Phi) is 6.88. The molecule has 0 bridgehead atoms. The third kappa shape index (κ3) is 6.08. The molecule has 5 nitrogen and oxygen atoms in total. The van der Waals surface area contributed by atoms with Crippen molar-refractivity contribution in [3.63, 3.8) is 0 Å². The van der Waals surface area contributed by atoms with Crippen LogP contribution in [0.3, 0.4) is 0 Å². The lowest BCUT2D eigenvalue weighted by molar-refractivity contribution is -0.141. The maximum absolute atomic E-state index is 10.7. The Morgan fingerprint density at radius 2 is 2.31 bits per heavy atom. The number of aliphatic hydroxyl groups is 1. The first kappa shape index (κ1) is 11.9. The monoisotopic (exact) mass is 186 g/mol. The molecule has 0 radical (unpaired) electrons. The molecule has 0 unspecified atom stereocenters. The van der Waals surface area contributed by atoms with Crippen LogP contribution in [0.1, 0.15) is 6.42 Å². The molecule has 0 aliphatic rings. The minimum Gasteiger partial charge on any atom is -0.469 e. The van der Waals surface area contributed by atoms with E-state index in [-0.39, 0.29) is 25.5 Å². The Hall–Kier alpha value is -1.12. The van der Waals surface area contributed by atoms with Crippen LogP contribution >= 0.6 is 0 Å². The van der Waals surface area contributed by atoms with Crippen molar-refractivity contribution in [2.45, 2.75) is 6.42 Å². The fourth-order valence-corrected chi connectivity index (χ4v) is 0.863. The van der Waals surface area contributed by atoms with E-state index in [2.05, 4.69) is 4.74 Å². The topological polar surface area (TPSA) is 73.6 Å². The van der Waals surface area contributed by atoms with Crippen LogP contribution in [0.15, 0.2) is 0 Å². The Labute approximate surface area is 77.5 Å². The molecule has 0 amide bonds. The number of rotatable bonds is 6. The lowest BCUT2D eigenvalue weighted by atomic mass is 10.3. The van der Waals surface area contributed by atoms with Crippen molar-refractivity contribution in [1.82, 2.24) is 4.90 Å². The summed E-state index contributed by atoms with van der Waals surface area (Å²) in [5.41, 5.74) is 0. The number of hydrogen-bond acceptors (Lipinski definition) is 5. The summed E-state index contributed by atoms with van der Waals surface area (Å²) in [4.78, 5) is 12.4. The predicted molar refractivity (Wildman–Crippen MR) is 45.8 cm³/mol. The van der Waals surface area contributed by atoms with Gasteiger partial charge in [-0.3, -0.25) is 9.69 Å². The number of esters is 1. The van der Waals surface area contributed by atoms with Crippen LogP contribution in [-0.4, -0.2) is 49.3 Å². The van der Waals surface area contributed by atoms with Gasteiger partial charge in [0.2, 0.25) is 0 Å². The Balaban J connectivity index is 3.69. The number of nitrogens with zero attached hydrogens (tertiary/aromatic N) is 2. The van der Waals surface area contributed by atoms with Crippen molar-refractivity contribution in [3.05, 3.63) is 0 Å². The minimum atomic E-state index is -0.305. The van der Waals surface area contributed by atoms with E-state index in [0.717, 1.165) is 0 Å². The van der Waals surface area contributed by atoms with Gasteiger partial charge < -0.3 is 9.84 Å². The van der Waals surface area contributed by atoms with E-state index in [0.29, 0.717) is 13.1 Å². The summed E-state index contributed by atoms with van der Waals surface area (Å²) >= 11 is 0. The molecule has 0 saturated carbocycles. The molecule has 0 fully saturated rings. The van der Waals surface area contributed by atoms with Gasteiger partial charge in [0.1, 0.15) is 0 Å². The predicted octanol–water partition coefficient (Wildman–Crippen LogP) is -0.633. The fraction of sp³-hybridized carbons (Fsp3) is 0.750. The van der Waals surface area contributed by atoms with Gasteiger partial charge in [-0.2, -0.15) is 5.26 Å². The first-order valence-electron chi connectivity index (χ1n) is 4.01. The molecule has 0 aliphatic carbocycles. The second kappa shape index (κ2) is 7.53. The smallest absolute Gasteiger partial charge is 0.306 e. The van der Waals surface area contributed by atoms with Crippen LogP contribution in [0.2, 0.25) is 0 Å². The third-order valence-electron chi connectivity index (χ3n) is 1.57. The molecule has 0 atom stereocenters. The van der Waals surface area contributed by atoms with E-state index < -0.39 is 0 Å². The summed E-state index contributed by atoms with van der Waals surface area (Å²) in [6.45, 7) is 1.06. The standard InChI is InChI=1S/C8H14N2O3/c1-13-8(12)2-4-10(5-3-9)6-7-11/h11H,2,4-7H2,1H3. The summed E-state index contributed by atoms with van der Waals surface area (Å²) < 4.78 is 4.45. The number of ether oxygens (including phenoxy) is 1. The van der Waals surface area contributed by atoms with E-state index >= 15 is 0 Å². The quantitative estimate of drug-likeness (QED) is 0.441. The summed E-state index contributed by atoms with van der Waals surface area (Å²) in [5, 5.41) is 17.0. The maximum atomic E-state index is 10.7. The zero-order chi connectivity index (χ0) is 10.1. The van der Waals surface area contributed by atoms with Crippen LogP contribution in [0.5, 0.6) is 0 Å². The zero-order valence-electron chi connectivity index (χ0n) is 7.69. The molecule has 0 rings (SSSR count). The zero-order valence-corrected chi connectivity index (χ0v) is 7.69. The van der Waals surface area contributed by atoms with Gasteiger partial charge in [0.15, 0.2) is 0 Å². The van der Waals surface area contributed by atoms with E-state index in [1.165, 1.54) is 7.11 Å². The first-order chi connectivity index (χ1) is 6.24. The van der Waals surface area contributed by atoms with Gasteiger partial charge in [0.25, 0.3) is 0 Å². The highest BCUT2D eigenvalue weighted by Crippen LogP contribution is 1.92. The van der Waals surface area contributed by atoms with Crippen molar-refractivity contribution in [2.24, 2.45) is 0 Å². The number of carbonyl (C=O) groups excluding carboxylic acids is 1. The molecule has 0 heterocycles. The second-order valence-electron chi connectivity index (χ2n) is 2.48. The molecule has 0 saturated heterocycles. The van der Waals surface area contributed by atoms with Gasteiger partial charge >= 0.3 is 5.97 Å². The highest BCUT2D eigenvalue weighted by Gasteiger charge is 2.06. The van der Waals surface area contributed by atoms with Crippen molar-refractivity contribution in [1.29, 1.82) is 5.26 Å². The van der Waals surface area contributed by atoms with E-state index in [1.54, 1.807) is 4.90 Å². The summed E-state index contributed by atoms with van der Waals surface area (Å²) in [6.07, 6.45) is 0.248. The maximum Gasteiger partial charge on any atom is 0.306 e. The van der Waals surface area contributed by atoms with Gasteiger partial charge in [-0.1, -0.05) is 0 Å². The van der Waals surface area contributed by atoms with Gasteiger partial charge in [-0.15, -0.1) is 0 Å². The molecular formula is C8H14N2O3. The van der Waals surface area contributed by atoms with Crippen LogP contribution in [0.25, 0.3) is 0 Å². The van der Waals surface area contributed by atoms with Crippen molar-refractivity contribution in [2.75, 3.05) is 33.4 Å². The van der Waals surface area contributed by atoms with Gasteiger partial charge in [0, 0.05) is 13.1 Å². The first-order valence-corrected chi connectivity index (χ1v) is 4.01. The van der Waals surface area contributed by atoms with Crippen molar-refractivity contribution in [3.8, 4) is 6.07 Å². The molecule has 0 aliphatic heterocycles. The molecule has 1 N–H and O–H groups in total. The van der Waals surface area contributed by atoms with Gasteiger partial charge in [-0.05, 0) is 0 Å². The lowest BCUT2D eigenvalue weighted by Gasteiger charge is -2.16. The van der Waals surface area contributed by atoms with Gasteiger partial charge in [0.05, 0.1) is 32.8 Å².